The van der Waals surface area contributed by atoms with Crippen molar-refractivity contribution in [2.24, 2.45) is 11.8 Å². The number of benzene rings is 1. The summed E-state index contributed by atoms with van der Waals surface area (Å²) < 4.78 is 0. The summed E-state index contributed by atoms with van der Waals surface area (Å²) in [7, 11) is 0. The van der Waals surface area contributed by atoms with E-state index in [1.165, 1.54) is 6.42 Å². The van der Waals surface area contributed by atoms with Crippen LogP contribution in [0.1, 0.15) is 48.5 Å². The molecule has 0 aliphatic carbocycles. The zero-order valence-electron chi connectivity index (χ0n) is 14.4. The van der Waals surface area contributed by atoms with Gasteiger partial charge in [-0.15, -0.1) is 0 Å². The highest BCUT2D eigenvalue weighted by Gasteiger charge is 2.44. The van der Waals surface area contributed by atoms with E-state index >= 15 is 0 Å². The lowest BCUT2D eigenvalue weighted by Crippen LogP contribution is -2.61. The summed E-state index contributed by atoms with van der Waals surface area (Å²) in [5, 5.41) is 0. The maximum Gasteiger partial charge on any atom is 0.254 e. The van der Waals surface area contributed by atoms with Crippen LogP contribution in [0.4, 0.5) is 0 Å². The molecule has 3 saturated heterocycles. The van der Waals surface area contributed by atoms with Crippen LogP contribution in [0.15, 0.2) is 24.3 Å². The van der Waals surface area contributed by atoms with Gasteiger partial charge in [-0.3, -0.25) is 9.59 Å². The van der Waals surface area contributed by atoms with E-state index < -0.39 is 0 Å². The van der Waals surface area contributed by atoms with Gasteiger partial charge in [0.15, 0.2) is 0 Å². The van der Waals surface area contributed by atoms with Crippen LogP contribution in [0.2, 0.25) is 0 Å². The molecule has 24 heavy (non-hydrogen) atoms. The van der Waals surface area contributed by atoms with Crippen LogP contribution < -0.4 is 0 Å². The minimum Gasteiger partial charge on any atom is -0.339 e. The average Bonchev–Trinajstić information content (AvgIpc) is 2.62. The molecule has 128 valence electrons. The molecule has 0 spiro atoms. The highest BCUT2D eigenvalue weighted by molar-refractivity contribution is 5.95. The number of hydrogen-bond donors (Lipinski definition) is 0. The lowest BCUT2D eigenvalue weighted by atomic mass is 9.76. The molecule has 0 radical (unpaired) electrons. The first kappa shape index (κ1) is 15.7. The molecule has 0 N–H and O–H groups in total. The summed E-state index contributed by atoms with van der Waals surface area (Å²) in [5.74, 6) is 1.41. The summed E-state index contributed by atoms with van der Waals surface area (Å²) in [6.45, 7) is 4.55. The number of rotatable bonds is 2. The second kappa shape index (κ2) is 6.23. The van der Waals surface area contributed by atoms with Gasteiger partial charge in [0.25, 0.3) is 5.91 Å². The molecule has 2 amide bonds. The van der Waals surface area contributed by atoms with Gasteiger partial charge >= 0.3 is 0 Å². The fourth-order valence-corrected chi connectivity index (χ4v) is 4.98. The van der Waals surface area contributed by atoms with Crippen LogP contribution in [0.3, 0.4) is 0 Å². The molecule has 4 rings (SSSR count). The normalized spacial score (nSPS) is 29.4. The van der Waals surface area contributed by atoms with Crippen LogP contribution >= 0.6 is 0 Å². The highest BCUT2D eigenvalue weighted by Crippen LogP contribution is 2.38. The van der Waals surface area contributed by atoms with Gasteiger partial charge in [-0.1, -0.05) is 25.1 Å². The first-order chi connectivity index (χ1) is 11.7. The van der Waals surface area contributed by atoms with Crippen molar-refractivity contribution < 1.29 is 9.59 Å². The summed E-state index contributed by atoms with van der Waals surface area (Å²) in [4.78, 5) is 29.5. The van der Waals surface area contributed by atoms with Crippen LogP contribution in [-0.4, -0.2) is 47.3 Å². The van der Waals surface area contributed by atoms with Crippen LogP contribution in [0, 0.1) is 11.8 Å². The number of nitrogens with zero attached hydrogens (tertiary/aromatic N) is 2. The Labute approximate surface area is 143 Å². The van der Waals surface area contributed by atoms with Gasteiger partial charge in [0.1, 0.15) is 0 Å². The summed E-state index contributed by atoms with van der Waals surface area (Å²) in [6.07, 6.45) is 4.88. The smallest absolute Gasteiger partial charge is 0.254 e. The molecule has 1 aromatic carbocycles. The van der Waals surface area contributed by atoms with Gasteiger partial charge in [0.05, 0.1) is 0 Å². The number of amides is 2. The molecule has 3 heterocycles. The maximum absolute atomic E-state index is 13.1. The Bertz CT molecular complexity index is 657. The lowest BCUT2D eigenvalue weighted by Gasteiger charge is -2.52. The van der Waals surface area contributed by atoms with Crippen molar-refractivity contribution >= 4 is 11.8 Å². The third kappa shape index (κ3) is 2.62. The molecule has 4 heteroatoms. The standard InChI is InChI=1S/C20H26N2O2/c1-2-15-6-3-4-7-17(15)20(24)21-11-14-10-16(13-21)18-8-5-9-19(23)22(18)12-14/h3-4,6-7,14,16,18H,2,5,8-13H2,1H3/t14?,16?,18-/m0/s1. The second-order valence-corrected chi connectivity index (χ2v) is 7.59. The van der Waals surface area contributed by atoms with Crippen molar-refractivity contribution in [1.29, 1.82) is 0 Å². The largest absolute Gasteiger partial charge is 0.339 e. The van der Waals surface area contributed by atoms with Crippen molar-refractivity contribution in [1.82, 2.24) is 9.80 Å². The number of fused-ring (bicyclic) bond motifs is 4. The Hall–Kier alpha value is -1.84. The molecule has 3 fully saturated rings. The number of piperidine rings is 3. The first-order valence-corrected chi connectivity index (χ1v) is 9.34. The molecule has 3 aliphatic rings. The van der Waals surface area contributed by atoms with E-state index in [1.807, 2.05) is 18.2 Å². The zero-order chi connectivity index (χ0) is 16.7. The number of likely N-dealkylation sites (tertiary alicyclic amines) is 1. The zero-order valence-corrected chi connectivity index (χ0v) is 14.4. The van der Waals surface area contributed by atoms with Crippen LogP contribution in [0.5, 0.6) is 0 Å². The molecule has 0 aromatic heterocycles. The van der Waals surface area contributed by atoms with Crippen molar-refractivity contribution in [2.75, 3.05) is 19.6 Å². The van der Waals surface area contributed by atoms with Crippen LogP contribution in [-0.2, 0) is 11.2 Å². The van der Waals surface area contributed by atoms with Crippen molar-refractivity contribution in [2.45, 2.75) is 45.1 Å². The average molecular weight is 326 g/mol. The number of carbonyl (C=O) groups excluding carboxylic acids is 2. The van der Waals surface area contributed by atoms with Crippen molar-refractivity contribution in [3.63, 3.8) is 0 Å². The SMILES string of the molecule is CCc1ccccc1C(=O)N1CC2CC(C1)[C@@H]1CCCC(=O)N1C2. The predicted molar refractivity (Wildman–Crippen MR) is 92.7 cm³/mol. The Morgan fingerprint density at radius 3 is 2.88 bits per heavy atom. The molecule has 4 nitrogen and oxygen atoms in total. The monoisotopic (exact) mass is 326 g/mol. The second-order valence-electron chi connectivity index (χ2n) is 7.59. The Morgan fingerprint density at radius 1 is 1.21 bits per heavy atom. The van der Waals surface area contributed by atoms with Gasteiger partial charge in [-0.2, -0.15) is 0 Å². The molecule has 2 bridgehead atoms. The Morgan fingerprint density at radius 2 is 2.04 bits per heavy atom. The van der Waals surface area contributed by atoms with E-state index in [1.54, 1.807) is 0 Å². The van der Waals surface area contributed by atoms with Gasteiger partial charge in [-0.25, -0.2) is 0 Å². The maximum atomic E-state index is 13.1. The fourth-order valence-electron chi connectivity index (χ4n) is 4.98. The predicted octanol–water partition coefficient (Wildman–Crippen LogP) is 2.72. The first-order valence-electron chi connectivity index (χ1n) is 9.34. The number of hydrogen-bond acceptors (Lipinski definition) is 2. The quantitative estimate of drug-likeness (QED) is 0.838. The van der Waals surface area contributed by atoms with Gasteiger partial charge in [-0.05, 0) is 49.1 Å². The van der Waals surface area contributed by atoms with Gasteiger partial charge in [0.2, 0.25) is 5.91 Å². The van der Waals surface area contributed by atoms with E-state index in [-0.39, 0.29) is 5.91 Å². The van der Waals surface area contributed by atoms with E-state index in [0.29, 0.717) is 30.2 Å². The minimum atomic E-state index is 0.178. The van der Waals surface area contributed by atoms with E-state index in [2.05, 4.69) is 22.8 Å². The lowest BCUT2D eigenvalue weighted by molar-refractivity contribution is -0.144. The van der Waals surface area contributed by atoms with Crippen LogP contribution in [0.25, 0.3) is 0 Å². The molecule has 3 aliphatic heterocycles. The Balaban J connectivity index is 1.55. The molecule has 0 saturated carbocycles. The van der Waals surface area contributed by atoms with Crippen molar-refractivity contribution in [3.05, 3.63) is 35.4 Å². The third-order valence-electron chi connectivity index (χ3n) is 6.10. The topological polar surface area (TPSA) is 40.6 Å². The third-order valence-corrected chi connectivity index (χ3v) is 6.10. The molecule has 1 aromatic rings. The number of carbonyl (C=O) groups is 2. The Kier molecular flexibility index (Phi) is 4.07. The van der Waals surface area contributed by atoms with E-state index in [0.717, 1.165) is 50.0 Å². The van der Waals surface area contributed by atoms with Gasteiger partial charge < -0.3 is 9.80 Å². The molecular weight excluding hydrogens is 300 g/mol. The fraction of sp³-hybridized carbons (Fsp3) is 0.600. The molecular formula is C20H26N2O2. The summed E-state index contributed by atoms with van der Waals surface area (Å²) >= 11 is 0. The van der Waals surface area contributed by atoms with Gasteiger partial charge in [0, 0.05) is 37.7 Å². The summed E-state index contributed by atoms with van der Waals surface area (Å²) in [5.41, 5.74) is 1.99. The van der Waals surface area contributed by atoms with E-state index in [4.69, 9.17) is 0 Å². The highest BCUT2D eigenvalue weighted by atomic mass is 16.2. The summed E-state index contributed by atoms with van der Waals surface area (Å²) in [6, 6.07) is 8.34. The molecule has 2 unspecified atom stereocenters. The minimum absolute atomic E-state index is 0.178. The van der Waals surface area contributed by atoms with Crippen molar-refractivity contribution in [3.8, 4) is 0 Å². The molecule has 3 atom stereocenters. The number of aryl methyl sites for hydroxylation is 1. The van der Waals surface area contributed by atoms with E-state index in [9.17, 15) is 9.59 Å².